The van der Waals surface area contributed by atoms with E-state index in [-0.39, 0.29) is 6.04 Å². The number of benzene rings is 3. The van der Waals surface area contributed by atoms with E-state index < -0.39 is 0 Å². The van der Waals surface area contributed by atoms with E-state index in [2.05, 4.69) is 92.9 Å². The first-order valence-corrected chi connectivity index (χ1v) is 12.9. The zero-order valence-electron chi connectivity index (χ0n) is 21.2. The van der Waals surface area contributed by atoms with Crippen molar-refractivity contribution in [1.29, 1.82) is 0 Å². The Labute approximate surface area is 217 Å². The van der Waals surface area contributed by atoms with Gasteiger partial charge in [0.1, 0.15) is 0 Å². The Balaban J connectivity index is 1.18. The van der Waals surface area contributed by atoms with E-state index in [9.17, 15) is 0 Å². The minimum Gasteiger partial charge on any atom is -0.454 e. The summed E-state index contributed by atoms with van der Waals surface area (Å²) in [6.07, 6.45) is 0.892. The fourth-order valence-electron chi connectivity index (χ4n) is 5.20. The molecule has 0 amide bonds. The summed E-state index contributed by atoms with van der Waals surface area (Å²) < 4.78 is 13.0. The predicted octanol–water partition coefficient (Wildman–Crippen LogP) is 3.86. The van der Waals surface area contributed by atoms with Gasteiger partial charge in [0.2, 0.25) is 6.79 Å². The van der Waals surface area contributed by atoms with Crippen LogP contribution in [0.15, 0.2) is 72.8 Å². The van der Waals surface area contributed by atoms with Gasteiger partial charge in [-0.25, -0.2) is 4.68 Å². The highest BCUT2D eigenvalue weighted by Crippen LogP contribution is 2.33. The van der Waals surface area contributed by atoms with E-state index in [1.54, 1.807) is 0 Å². The molecular formula is C29H32N6O2. The Morgan fingerprint density at radius 2 is 1.62 bits per heavy atom. The lowest BCUT2D eigenvalue weighted by Crippen LogP contribution is -2.48. The van der Waals surface area contributed by atoms with Crippen LogP contribution in [0.5, 0.6) is 11.5 Å². The molecule has 8 heteroatoms. The molecule has 3 aromatic carbocycles. The van der Waals surface area contributed by atoms with Gasteiger partial charge in [0.25, 0.3) is 0 Å². The summed E-state index contributed by atoms with van der Waals surface area (Å²) >= 11 is 0. The molecule has 0 N–H and O–H groups in total. The monoisotopic (exact) mass is 496 g/mol. The third kappa shape index (κ3) is 5.35. The van der Waals surface area contributed by atoms with Crippen molar-refractivity contribution in [1.82, 2.24) is 30.0 Å². The van der Waals surface area contributed by atoms with Crippen molar-refractivity contribution < 1.29 is 9.47 Å². The second-order valence-corrected chi connectivity index (χ2v) is 9.81. The number of aryl methyl sites for hydroxylation is 3. The molecule has 0 saturated carbocycles. The van der Waals surface area contributed by atoms with Gasteiger partial charge in [0.15, 0.2) is 17.3 Å². The van der Waals surface area contributed by atoms with Gasteiger partial charge in [-0.05, 0) is 52.6 Å². The van der Waals surface area contributed by atoms with Gasteiger partial charge in [-0.2, -0.15) is 0 Å². The Morgan fingerprint density at radius 1 is 0.838 bits per heavy atom. The molecule has 2 aliphatic rings. The Bertz CT molecular complexity index is 1320. The highest BCUT2D eigenvalue weighted by atomic mass is 16.7. The van der Waals surface area contributed by atoms with Crippen molar-refractivity contribution in [3.8, 4) is 11.5 Å². The average molecular weight is 497 g/mol. The predicted molar refractivity (Wildman–Crippen MR) is 140 cm³/mol. The van der Waals surface area contributed by atoms with Crippen LogP contribution in [0.4, 0.5) is 0 Å². The molecule has 2 aliphatic heterocycles. The van der Waals surface area contributed by atoms with Crippen LogP contribution < -0.4 is 9.47 Å². The van der Waals surface area contributed by atoms with Crippen LogP contribution >= 0.6 is 0 Å². The van der Waals surface area contributed by atoms with Crippen LogP contribution in [0.25, 0.3) is 0 Å². The van der Waals surface area contributed by atoms with E-state index in [1.165, 1.54) is 22.3 Å². The maximum Gasteiger partial charge on any atom is 0.231 e. The van der Waals surface area contributed by atoms with E-state index in [0.29, 0.717) is 6.79 Å². The van der Waals surface area contributed by atoms with Crippen LogP contribution in [0.1, 0.15) is 34.1 Å². The van der Waals surface area contributed by atoms with E-state index >= 15 is 0 Å². The number of aromatic nitrogens is 4. The molecule has 0 spiro atoms. The molecule has 1 fully saturated rings. The van der Waals surface area contributed by atoms with E-state index in [1.807, 2.05) is 16.8 Å². The quantitative estimate of drug-likeness (QED) is 0.367. The summed E-state index contributed by atoms with van der Waals surface area (Å²) in [4.78, 5) is 5.02. The van der Waals surface area contributed by atoms with Gasteiger partial charge in [0.05, 0.1) is 6.04 Å². The highest BCUT2D eigenvalue weighted by molar-refractivity contribution is 5.44. The van der Waals surface area contributed by atoms with Crippen molar-refractivity contribution in [3.63, 3.8) is 0 Å². The summed E-state index contributed by atoms with van der Waals surface area (Å²) in [7, 11) is 0. The number of hydrogen-bond donors (Lipinski definition) is 0. The lowest BCUT2D eigenvalue weighted by molar-refractivity contribution is 0.1000. The number of ether oxygens (including phenoxy) is 2. The lowest BCUT2D eigenvalue weighted by Gasteiger charge is -2.39. The smallest absolute Gasteiger partial charge is 0.231 e. The van der Waals surface area contributed by atoms with Crippen molar-refractivity contribution in [3.05, 3.63) is 101 Å². The van der Waals surface area contributed by atoms with Crippen LogP contribution in [0, 0.1) is 6.92 Å². The lowest BCUT2D eigenvalue weighted by atomic mass is 10.0. The maximum atomic E-state index is 5.56. The fraction of sp³-hybridized carbons (Fsp3) is 0.345. The minimum absolute atomic E-state index is 0.0130. The molecule has 1 atom stereocenters. The van der Waals surface area contributed by atoms with Gasteiger partial charge in [-0.3, -0.25) is 9.80 Å². The third-order valence-electron chi connectivity index (χ3n) is 7.27. The molecule has 37 heavy (non-hydrogen) atoms. The van der Waals surface area contributed by atoms with Crippen molar-refractivity contribution >= 4 is 0 Å². The Kier molecular flexibility index (Phi) is 6.84. The number of rotatable bonds is 8. The number of hydrogen-bond acceptors (Lipinski definition) is 7. The fourth-order valence-corrected chi connectivity index (χ4v) is 5.20. The molecule has 4 aromatic rings. The summed E-state index contributed by atoms with van der Waals surface area (Å²) in [5.41, 5.74) is 5.01. The summed E-state index contributed by atoms with van der Waals surface area (Å²) in [6, 6.07) is 25.6. The molecule has 6 rings (SSSR count). The highest BCUT2D eigenvalue weighted by Gasteiger charge is 2.30. The van der Waals surface area contributed by atoms with Crippen molar-refractivity contribution in [2.75, 3.05) is 33.0 Å². The van der Waals surface area contributed by atoms with E-state index in [4.69, 9.17) is 9.47 Å². The first-order valence-electron chi connectivity index (χ1n) is 12.9. The molecule has 0 aliphatic carbocycles. The summed E-state index contributed by atoms with van der Waals surface area (Å²) in [5, 5.41) is 13.0. The van der Waals surface area contributed by atoms with Gasteiger partial charge in [-0.15, -0.1) is 5.10 Å². The molecule has 0 unspecified atom stereocenters. The second kappa shape index (κ2) is 10.7. The Morgan fingerprint density at radius 3 is 2.43 bits per heavy atom. The van der Waals surface area contributed by atoms with Crippen LogP contribution in [-0.2, 0) is 19.5 Å². The summed E-state index contributed by atoms with van der Waals surface area (Å²) in [6.45, 7) is 7.90. The van der Waals surface area contributed by atoms with Crippen molar-refractivity contribution in [2.45, 2.75) is 32.5 Å². The molecule has 190 valence electrons. The standard InChI is InChI=1S/C29H32N6O2/c1-22-7-10-25(11-8-22)28(29-30-31-32-35(29)14-13-23-5-3-2-4-6-23)34-17-15-33(16-18-34)20-24-9-12-26-27(19-24)37-21-36-26/h2-12,19,28H,13-18,20-21H2,1H3/t28-/m0/s1. The zero-order chi connectivity index (χ0) is 25.0. The SMILES string of the molecule is Cc1ccc([C@@H](c2nnnn2CCc2ccccc2)N2CCN(Cc3ccc4c(c3)OCO4)CC2)cc1. The van der Waals surface area contributed by atoms with Crippen LogP contribution in [-0.4, -0.2) is 63.0 Å². The third-order valence-corrected chi connectivity index (χ3v) is 7.27. The maximum absolute atomic E-state index is 5.56. The van der Waals surface area contributed by atoms with Crippen LogP contribution in [0.2, 0.25) is 0 Å². The van der Waals surface area contributed by atoms with Gasteiger partial charge < -0.3 is 9.47 Å². The van der Waals surface area contributed by atoms with Crippen LogP contribution in [0.3, 0.4) is 0 Å². The molecular weight excluding hydrogens is 464 g/mol. The number of piperazine rings is 1. The second-order valence-electron chi connectivity index (χ2n) is 9.81. The van der Waals surface area contributed by atoms with Gasteiger partial charge in [0, 0.05) is 39.3 Å². The van der Waals surface area contributed by atoms with E-state index in [0.717, 1.165) is 63.0 Å². The topological polar surface area (TPSA) is 68.5 Å². The minimum atomic E-state index is 0.0130. The first-order chi connectivity index (χ1) is 18.2. The molecule has 3 heterocycles. The number of fused-ring (bicyclic) bond motifs is 1. The average Bonchev–Trinajstić information content (AvgIpc) is 3.60. The first kappa shape index (κ1) is 23.6. The Hall–Kier alpha value is -3.75. The molecule has 1 aromatic heterocycles. The normalized spacial score (nSPS) is 16.7. The molecule has 0 radical (unpaired) electrons. The molecule has 1 saturated heterocycles. The van der Waals surface area contributed by atoms with Gasteiger partial charge >= 0.3 is 0 Å². The molecule has 8 nitrogen and oxygen atoms in total. The summed E-state index contributed by atoms with van der Waals surface area (Å²) in [5.74, 6) is 2.58. The van der Waals surface area contributed by atoms with Gasteiger partial charge in [-0.1, -0.05) is 66.2 Å². The zero-order valence-corrected chi connectivity index (χ0v) is 21.2. The largest absolute Gasteiger partial charge is 0.454 e. The number of nitrogens with zero attached hydrogens (tertiary/aromatic N) is 6. The van der Waals surface area contributed by atoms with Crippen molar-refractivity contribution in [2.24, 2.45) is 0 Å². The molecule has 0 bridgehead atoms. The number of tetrazole rings is 1.